The number of aromatic amines is 1. The quantitative estimate of drug-likeness (QED) is 0.777. The maximum Gasteiger partial charge on any atom is 0.330 e. The molecule has 1 aliphatic rings. The smallest absolute Gasteiger partial charge is 0.330 e. The van der Waals surface area contributed by atoms with Crippen molar-refractivity contribution in [1.82, 2.24) is 9.55 Å². The van der Waals surface area contributed by atoms with Gasteiger partial charge in [0.2, 0.25) is 0 Å². The lowest BCUT2D eigenvalue weighted by atomic mass is 9.98. The van der Waals surface area contributed by atoms with Gasteiger partial charge >= 0.3 is 5.69 Å². The monoisotopic (exact) mass is 265 g/mol. The van der Waals surface area contributed by atoms with E-state index in [0.717, 1.165) is 0 Å². The van der Waals surface area contributed by atoms with Gasteiger partial charge in [0.25, 0.3) is 5.56 Å². The van der Waals surface area contributed by atoms with E-state index >= 15 is 0 Å². The number of nitrogens with one attached hydrogen (secondary N) is 1. The van der Waals surface area contributed by atoms with Crippen molar-refractivity contribution >= 4 is 0 Å². The number of ether oxygens (including phenoxy) is 1. The van der Waals surface area contributed by atoms with E-state index in [-0.39, 0.29) is 18.9 Å². The number of aliphatic hydroxyl groups excluding tert-OH is 1. The van der Waals surface area contributed by atoms with Crippen LogP contribution >= 0.6 is 0 Å². The third-order valence-electron chi connectivity index (χ3n) is 3.35. The van der Waals surface area contributed by atoms with Crippen LogP contribution in [0.3, 0.4) is 0 Å². The average Bonchev–Trinajstić information content (AvgIpc) is 2.77. The third kappa shape index (κ3) is 2.59. The Balaban J connectivity index is 2.30. The fraction of sp³-hybridized carbons (Fsp3) is 0.583. The summed E-state index contributed by atoms with van der Waals surface area (Å²) in [7, 11) is 0. The predicted octanol–water partition coefficient (Wildman–Crippen LogP) is -0.345. The average molecular weight is 265 g/mol. The van der Waals surface area contributed by atoms with Gasteiger partial charge < -0.3 is 9.84 Å². The standard InChI is InChI=1S/C12H15N3O4/c1-7-5-15(12(18)14-11(7)17)10-4-8(2-3-13)9(6-16)19-10/h5,8-10,16H,2,4,6H2,1H3,(H,14,17,18)/t8?,9-,10-/m1/s1. The Morgan fingerprint density at radius 3 is 3.00 bits per heavy atom. The molecule has 0 saturated carbocycles. The summed E-state index contributed by atoms with van der Waals surface area (Å²) in [5.74, 6) is -0.112. The van der Waals surface area contributed by atoms with E-state index in [9.17, 15) is 14.7 Å². The molecule has 0 bridgehead atoms. The molecule has 0 spiro atoms. The fourth-order valence-corrected chi connectivity index (χ4v) is 2.28. The Hall–Kier alpha value is -1.91. The van der Waals surface area contributed by atoms with Crippen LogP contribution in [0.25, 0.3) is 0 Å². The summed E-state index contributed by atoms with van der Waals surface area (Å²) in [6, 6.07) is 2.04. The number of aromatic nitrogens is 2. The molecule has 1 aromatic heterocycles. The summed E-state index contributed by atoms with van der Waals surface area (Å²) in [6.07, 6.45) is 1.15. The van der Waals surface area contributed by atoms with Crippen molar-refractivity contribution in [2.75, 3.05) is 6.61 Å². The van der Waals surface area contributed by atoms with Crippen LogP contribution in [-0.2, 0) is 4.74 Å². The summed E-state index contributed by atoms with van der Waals surface area (Å²) >= 11 is 0. The molecule has 102 valence electrons. The van der Waals surface area contributed by atoms with Crippen LogP contribution in [0.1, 0.15) is 24.6 Å². The lowest BCUT2D eigenvalue weighted by Crippen LogP contribution is -2.33. The van der Waals surface area contributed by atoms with Crippen LogP contribution in [0.2, 0.25) is 0 Å². The molecule has 0 aromatic carbocycles. The van der Waals surface area contributed by atoms with Gasteiger partial charge in [-0.15, -0.1) is 0 Å². The van der Waals surface area contributed by atoms with Crippen LogP contribution < -0.4 is 11.2 Å². The SMILES string of the molecule is Cc1cn([C@H]2CC(CC#N)[C@@H](CO)O2)c(=O)[nH]c1=O. The molecular weight excluding hydrogens is 250 g/mol. The number of aliphatic hydroxyl groups is 1. The van der Waals surface area contributed by atoms with Crippen LogP contribution in [0.5, 0.6) is 0 Å². The number of H-pyrrole nitrogens is 1. The third-order valence-corrected chi connectivity index (χ3v) is 3.35. The second-order valence-electron chi connectivity index (χ2n) is 4.65. The van der Waals surface area contributed by atoms with Gasteiger partial charge in [-0.05, 0) is 13.3 Å². The molecule has 1 fully saturated rings. The van der Waals surface area contributed by atoms with E-state index < -0.39 is 23.6 Å². The number of nitrogens with zero attached hydrogens (tertiary/aromatic N) is 2. The molecule has 0 amide bonds. The first-order chi connectivity index (χ1) is 9.06. The number of hydrogen-bond donors (Lipinski definition) is 2. The molecule has 2 N–H and O–H groups in total. The molecule has 0 radical (unpaired) electrons. The zero-order chi connectivity index (χ0) is 14.0. The van der Waals surface area contributed by atoms with Crippen LogP contribution in [0.4, 0.5) is 0 Å². The highest BCUT2D eigenvalue weighted by Gasteiger charge is 2.36. The summed E-state index contributed by atoms with van der Waals surface area (Å²) in [5.41, 5.74) is -0.561. The lowest BCUT2D eigenvalue weighted by Gasteiger charge is -2.15. The first kappa shape index (κ1) is 13.5. The molecule has 3 atom stereocenters. The van der Waals surface area contributed by atoms with E-state index in [0.29, 0.717) is 12.0 Å². The number of aryl methyl sites for hydroxylation is 1. The van der Waals surface area contributed by atoms with Crippen molar-refractivity contribution < 1.29 is 9.84 Å². The fourth-order valence-electron chi connectivity index (χ4n) is 2.28. The Kier molecular flexibility index (Phi) is 3.83. The lowest BCUT2D eigenvalue weighted by molar-refractivity contribution is -0.0323. The zero-order valence-electron chi connectivity index (χ0n) is 10.5. The molecule has 1 aliphatic heterocycles. The molecule has 2 rings (SSSR count). The molecule has 1 saturated heterocycles. The predicted molar refractivity (Wildman–Crippen MR) is 65.4 cm³/mol. The minimum atomic E-state index is -0.557. The van der Waals surface area contributed by atoms with E-state index in [4.69, 9.17) is 10.00 Å². The Morgan fingerprint density at radius 1 is 1.63 bits per heavy atom. The molecule has 2 heterocycles. The summed E-state index contributed by atoms with van der Waals surface area (Å²) < 4.78 is 6.88. The van der Waals surface area contributed by atoms with E-state index in [1.165, 1.54) is 10.8 Å². The minimum Gasteiger partial charge on any atom is -0.394 e. The first-order valence-electron chi connectivity index (χ1n) is 6.02. The van der Waals surface area contributed by atoms with Crippen molar-refractivity contribution in [3.63, 3.8) is 0 Å². The highest BCUT2D eigenvalue weighted by molar-refractivity contribution is 5.02. The highest BCUT2D eigenvalue weighted by Crippen LogP contribution is 2.34. The minimum absolute atomic E-state index is 0.112. The van der Waals surface area contributed by atoms with Crippen molar-refractivity contribution in [1.29, 1.82) is 5.26 Å². The van der Waals surface area contributed by atoms with Crippen molar-refractivity contribution in [3.8, 4) is 6.07 Å². The number of rotatable bonds is 3. The van der Waals surface area contributed by atoms with Crippen molar-refractivity contribution in [3.05, 3.63) is 32.6 Å². The van der Waals surface area contributed by atoms with Gasteiger partial charge in [-0.3, -0.25) is 14.3 Å². The van der Waals surface area contributed by atoms with Crippen LogP contribution in [0, 0.1) is 24.2 Å². The molecule has 19 heavy (non-hydrogen) atoms. The van der Waals surface area contributed by atoms with Gasteiger partial charge in [-0.2, -0.15) is 5.26 Å². The van der Waals surface area contributed by atoms with Crippen LogP contribution in [0.15, 0.2) is 15.8 Å². The van der Waals surface area contributed by atoms with Crippen molar-refractivity contribution in [2.45, 2.75) is 32.1 Å². The maximum atomic E-state index is 11.7. The molecule has 1 aromatic rings. The normalized spacial score (nSPS) is 26.3. The topological polar surface area (TPSA) is 108 Å². The molecule has 1 unspecified atom stereocenters. The summed E-state index contributed by atoms with van der Waals surface area (Å²) in [5, 5.41) is 17.9. The second-order valence-corrected chi connectivity index (χ2v) is 4.65. The van der Waals surface area contributed by atoms with E-state index in [1.54, 1.807) is 6.92 Å². The Labute approximate surface area is 109 Å². The molecular formula is C12H15N3O4. The van der Waals surface area contributed by atoms with Crippen molar-refractivity contribution in [2.24, 2.45) is 5.92 Å². The number of nitriles is 1. The maximum absolute atomic E-state index is 11.7. The second kappa shape index (κ2) is 5.38. The van der Waals surface area contributed by atoms with Gasteiger partial charge in [0.05, 0.1) is 18.8 Å². The summed E-state index contributed by atoms with van der Waals surface area (Å²) in [4.78, 5) is 25.2. The van der Waals surface area contributed by atoms with E-state index in [2.05, 4.69) is 4.98 Å². The highest BCUT2D eigenvalue weighted by atomic mass is 16.5. The first-order valence-corrected chi connectivity index (χ1v) is 6.02. The molecule has 7 nitrogen and oxygen atoms in total. The van der Waals surface area contributed by atoms with Crippen LogP contribution in [-0.4, -0.2) is 27.4 Å². The van der Waals surface area contributed by atoms with Gasteiger partial charge in [0.1, 0.15) is 6.23 Å². The number of hydrogen-bond acceptors (Lipinski definition) is 5. The Morgan fingerprint density at radius 2 is 2.37 bits per heavy atom. The zero-order valence-corrected chi connectivity index (χ0v) is 10.5. The van der Waals surface area contributed by atoms with Gasteiger partial charge in [0, 0.05) is 24.1 Å². The molecule has 0 aliphatic carbocycles. The Bertz CT molecular complexity index is 613. The largest absolute Gasteiger partial charge is 0.394 e. The summed E-state index contributed by atoms with van der Waals surface area (Å²) in [6.45, 7) is 1.40. The van der Waals surface area contributed by atoms with E-state index in [1.807, 2.05) is 6.07 Å². The van der Waals surface area contributed by atoms with Gasteiger partial charge in [0.15, 0.2) is 0 Å². The van der Waals surface area contributed by atoms with Gasteiger partial charge in [-0.1, -0.05) is 0 Å². The van der Waals surface area contributed by atoms with Gasteiger partial charge in [-0.25, -0.2) is 4.79 Å². The molecule has 7 heteroatoms.